The van der Waals surface area contributed by atoms with Crippen LogP contribution < -0.4 is 5.32 Å². The first-order chi connectivity index (χ1) is 7.84. The molecule has 88 valence electrons. The van der Waals surface area contributed by atoms with E-state index in [0.29, 0.717) is 0 Å². The molecule has 0 amide bonds. The van der Waals surface area contributed by atoms with Crippen molar-refractivity contribution in [3.63, 3.8) is 0 Å². The average Bonchev–Trinajstić information content (AvgIpc) is 2.33. The Balaban J connectivity index is 1.69. The Morgan fingerprint density at radius 1 is 1.19 bits per heavy atom. The van der Waals surface area contributed by atoms with Crippen LogP contribution in [0.3, 0.4) is 0 Å². The van der Waals surface area contributed by atoms with Crippen LogP contribution in [0, 0.1) is 0 Å². The van der Waals surface area contributed by atoms with Crippen molar-refractivity contribution in [2.75, 3.05) is 18.8 Å². The van der Waals surface area contributed by atoms with E-state index in [4.69, 9.17) is 11.6 Å². The number of halogens is 1. The Morgan fingerprint density at radius 3 is 2.56 bits per heavy atom. The van der Waals surface area contributed by atoms with Crippen molar-refractivity contribution in [2.24, 2.45) is 0 Å². The molecular formula is C13H18ClNS. The summed E-state index contributed by atoms with van der Waals surface area (Å²) in [4.78, 5) is 0. The van der Waals surface area contributed by atoms with Gasteiger partial charge in [-0.1, -0.05) is 23.7 Å². The lowest BCUT2D eigenvalue weighted by Gasteiger charge is -2.21. The van der Waals surface area contributed by atoms with Crippen LogP contribution in [0.2, 0.25) is 5.02 Å². The number of benzene rings is 1. The van der Waals surface area contributed by atoms with Crippen molar-refractivity contribution in [3.8, 4) is 0 Å². The summed E-state index contributed by atoms with van der Waals surface area (Å²) in [6.45, 7) is 2.39. The molecule has 0 bridgehead atoms. The molecule has 1 aromatic rings. The molecule has 0 atom stereocenters. The number of rotatable bonds is 4. The molecule has 2 rings (SSSR count). The molecule has 1 heterocycles. The third kappa shape index (κ3) is 4.00. The van der Waals surface area contributed by atoms with Crippen LogP contribution in [-0.4, -0.2) is 24.1 Å². The van der Waals surface area contributed by atoms with Gasteiger partial charge in [0, 0.05) is 10.3 Å². The molecule has 1 aromatic carbocycles. The lowest BCUT2D eigenvalue weighted by atomic mass is 10.2. The van der Waals surface area contributed by atoms with Crippen molar-refractivity contribution in [3.05, 3.63) is 34.9 Å². The molecule has 1 N–H and O–H groups in total. The normalized spacial score (nSPS) is 17.6. The highest BCUT2D eigenvalue weighted by atomic mass is 35.5. The summed E-state index contributed by atoms with van der Waals surface area (Å²) in [5.74, 6) is 1.23. The second-order valence-electron chi connectivity index (χ2n) is 4.20. The third-order valence-electron chi connectivity index (χ3n) is 2.94. The molecule has 1 aliphatic rings. The van der Waals surface area contributed by atoms with Gasteiger partial charge in [-0.25, -0.2) is 0 Å². The molecule has 1 saturated heterocycles. The van der Waals surface area contributed by atoms with Crippen LogP contribution in [0.25, 0.3) is 0 Å². The zero-order chi connectivity index (χ0) is 11.2. The van der Waals surface area contributed by atoms with Crippen molar-refractivity contribution in [1.82, 2.24) is 5.32 Å². The SMILES string of the molecule is Clc1ccc(CCSC2CCNCC2)cc1. The minimum absolute atomic E-state index is 0.828. The van der Waals surface area contributed by atoms with Gasteiger partial charge in [0.2, 0.25) is 0 Å². The minimum Gasteiger partial charge on any atom is -0.317 e. The summed E-state index contributed by atoms with van der Waals surface area (Å²) in [5, 5.41) is 5.10. The number of piperidine rings is 1. The van der Waals surface area contributed by atoms with Crippen LogP contribution >= 0.6 is 23.4 Å². The van der Waals surface area contributed by atoms with E-state index in [2.05, 4.69) is 29.2 Å². The van der Waals surface area contributed by atoms with Gasteiger partial charge in [0.25, 0.3) is 0 Å². The predicted octanol–water partition coefficient (Wildman–Crippen LogP) is 3.37. The van der Waals surface area contributed by atoms with Crippen molar-refractivity contribution in [1.29, 1.82) is 0 Å². The fourth-order valence-corrected chi connectivity index (χ4v) is 3.34. The summed E-state index contributed by atoms with van der Waals surface area (Å²) in [7, 11) is 0. The molecule has 16 heavy (non-hydrogen) atoms. The van der Waals surface area contributed by atoms with Gasteiger partial charge in [-0.15, -0.1) is 0 Å². The van der Waals surface area contributed by atoms with Crippen LogP contribution in [0.15, 0.2) is 24.3 Å². The second kappa shape index (κ2) is 6.53. The maximum atomic E-state index is 5.86. The van der Waals surface area contributed by atoms with Gasteiger partial charge in [0.05, 0.1) is 0 Å². The predicted molar refractivity (Wildman–Crippen MR) is 73.5 cm³/mol. The molecular weight excluding hydrogens is 238 g/mol. The monoisotopic (exact) mass is 255 g/mol. The lowest BCUT2D eigenvalue weighted by Crippen LogP contribution is -2.29. The summed E-state index contributed by atoms with van der Waals surface area (Å²) in [6, 6.07) is 8.22. The van der Waals surface area contributed by atoms with Gasteiger partial charge >= 0.3 is 0 Å². The largest absolute Gasteiger partial charge is 0.317 e. The molecule has 0 aliphatic carbocycles. The molecule has 3 heteroatoms. The standard InChI is InChI=1S/C13H18ClNS/c14-12-3-1-11(2-4-12)7-10-16-13-5-8-15-9-6-13/h1-4,13,15H,5-10H2. The summed E-state index contributed by atoms with van der Waals surface area (Å²) >= 11 is 7.98. The fraction of sp³-hybridized carbons (Fsp3) is 0.538. The second-order valence-corrected chi connectivity index (χ2v) is 6.04. The quantitative estimate of drug-likeness (QED) is 0.886. The van der Waals surface area contributed by atoms with E-state index in [-0.39, 0.29) is 0 Å². The minimum atomic E-state index is 0.828. The molecule has 1 aliphatic heterocycles. The third-order valence-corrected chi connectivity index (χ3v) is 4.58. The number of nitrogens with one attached hydrogen (secondary N) is 1. The summed E-state index contributed by atoms with van der Waals surface area (Å²) < 4.78 is 0. The van der Waals surface area contributed by atoms with Gasteiger partial charge in [0.15, 0.2) is 0 Å². The Hall–Kier alpha value is -0.180. The first-order valence-electron chi connectivity index (χ1n) is 5.91. The number of thioether (sulfide) groups is 1. The first kappa shape index (κ1) is 12.3. The molecule has 0 spiro atoms. The number of hydrogen-bond acceptors (Lipinski definition) is 2. The molecule has 0 aromatic heterocycles. The summed E-state index contributed by atoms with van der Waals surface area (Å²) in [6.07, 6.45) is 3.81. The van der Waals surface area contributed by atoms with E-state index in [9.17, 15) is 0 Å². The van der Waals surface area contributed by atoms with Crippen LogP contribution in [0.4, 0.5) is 0 Å². The van der Waals surface area contributed by atoms with E-state index >= 15 is 0 Å². The molecule has 1 fully saturated rings. The topological polar surface area (TPSA) is 12.0 Å². The van der Waals surface area contributed by atoms with Gasteiger partial charge in [-0.2, -0.15) is 11.8 Å². The van der Waals surface area contributed by atoms with Gasteiger partial charge < -0.3 is 5.32 Å². The van der Waals surface area contributed by atoms with E-state index in [1.165, 1.54) is 37.2 Å². The zero-order valence-electron chi connectivity index (χ0n) is 9.42. The van der Waals surface area contributed by atoms with Gasteiger partial charge in [-0.3, -0.25) is 0 Å². The van der Waals surface area contributed by atoms with Crippen molar-refractivity contribution in [2.45, 2.75) is 24.5 Å². The van der Waals surface area contributed by atoms with Crippen molar-refractivity contribution >= 4 is 23.4 Å². The van der Waals surface area contributed by atoms with Crippen LogP contribution in [-0.2, 0) is 6.42 Å². The highest BCUT2D eigenvalue weighted by Gasteiger charge is 2.12. The Bertz CT molecular complexity index is 306. The first-order valence-corrected chi connectivity index (χ1v) is 7.34. The maximum Gasteiger partial charge on any atom is 0.0406 e. The van der Waals surface area contributed by atoms with Gasteiger partial charge in [-0.05, 0) is 55.8 Å². The Labute approximate surface area is 107 Å². The number of aryl methyl sites for hydroxylation is 1. The molecule has 0 radical (unpaired) electrons. The Morgan fingerprint density at radius 2 is 1.88 bits per heavy atom. The smallest absolute Gasteiger partial charge is 0.0406 e. The van der Waals surface area contributed by atoms with E-state index < -0.39 is 0 Å². The van der Waals surface area contributed by atoms with Crippen LogP contribution in [0.5, 0.6) is 0 Å². The average molecular weight is 256 g/mol. The van der Waals surface area contributed by atoms with E-state index in [0.717, 1.165) is 16.7 Å². The highest BCUT2D eigenvalue weighted by molar-refractivity contribution is 7.99. The molecule has 1 nitrogen and oxygen atoms in total. The van der Waals surface area contributed by atoms with E-state index in [1.807, 2.05) is 12.1 Å². The van der Waals surface area contributed by atoms with Crippen molar-refractivity contribution < 1.29 is 0 Å². The zero-order valence-corrected chi connectivity index (χ0v) is 11.0. The number of hydrogen-bond donors (Lipinski definition) is 1. The lowest BCUT2D eigenvalue weighted by molar-refractivity contribution is 0.531. The summed E-state index contributed by atoms with van der Waals surface area (Å²) in [5.41, 5.74) is 1.39. The molecule has 0 saturated carbocycles. The molecule has 0 unspecified atom stereocenters. The fourth-order valence-electron chi connectivity index (χ4n) is 1.96. The van der Waals surface area contributed by atoms with Crippen LogP contribution in [0.1, 0.15) is 18.4 Å². The van der Waals surface area contributed by atoms with Gasteiger partial charge in [0.1, 0.15) is 0 Å². The maximum absolute atomic E-state index is 5.86. The van der Waals surface area contributed by atoms with E-state index in [1.54, 1.807) is 0 Å². The highest BCUT2D eigenvalue weighted by Crippen LogP contribution is 2.21. The Kier molecular flexibility index (Phi) is 5.01.